The van der Waals surface area contributed by atoms with Gasteiger partial charge in [0.25, 0.3) is 23.6 Å². The minimum atomic E-state index is -0.153. The first-order valence-electron chi connectivity index (χ1n) is 22.5. The van der Waals surface area contributed by atoms with Crippen LogP contribution in [-0.4, -0.2) is 46.5 Å². The lowest BCUT2D eigenvalue weighted by Crippen LogP contribution is -2.35. The molecule has 0 saturated heterocycles. The molecule has 0 spiro atoms. The number of unbranched alkanes of at least 4 members (excludes halogenated alkanes) is 20. The maximum atomic E-state index is 11.8. The maximum absolute atomic E-state index is 11.8. The van der Waals surface area contributed by atoms with Crippen LogP contribution in [0, 0.1) is 23.7 Å². The zero-order chi connectivity index (χ0) is 37.2. The van der Waals surface area contributed by atoms with Gasteiger partial charge in [0.1, 0.15) is 0 Å². The van der Waals surface area contributed by atoms with Crippen LogP contribution in [0.25, 0.3) is 0 Å². The summed E-state index contributed by atoms with van der Waals surface area (Å²) >= 11 is 0. The van der Waals surface area contributed by atoms with Gasteiger partial charge in [0.05, 0.1) is 0 Å². The Labute approximate surface area is 319 Å². The van der Waals surface area contributed by atoms with Crippen LogP contribution in [0.1, 0.15) is 206 Å². The summed E-state index contributed by atoms with van der Waals surface area (Å²) in [5, 5.41) is 0. The van der Waals surface area contributed by atoms with Gasteiger partial charge >= 0.3 is 0 Å². The zero-order valence-corrected chi connectivity index (χ0v) is 33.8. The summed E-state index contributed by atoms with van der Waals surface area (Å²) in [6, 6.07) is 0. The molecular weight excluding hydrogens is 645 g/mol. The molecule has 4 unspecified atom stereocenters. The van der Waals surface area contributed by atoms with Gasteiger partial charge in [-0.05, 0) is 62.2 Å². The molecule has 4 amide bonds. The lowest BCUT2D eigenvalue weighted by Gasteiger charge is -2.44. The molecule has 3 rings (SSSR count). The molecule has 2 aliphatic heterocycles. The Hall–Kier alpha value is -2.24. The number of rotatable bonds is 32. The predicted octanol–water partition coefficient (Wildman–Crippen LogP) is 12.1. The number of amides is 4. The molecular formula is C46H78N2O4. The Kier molecular flexibility index (Phi) is 23.2. The van der Waals surface area contributed by atoms with Crippen LogP contribution >= 0.6 is 0 Å². The molecule has 4 atom stereocenters. The van der Waals surface area contributed by atoms with Crippen LogP contribution in [0.15, 0.2) is 24.3 Å². The zero-order valence-electron chi connectivity index (χ0n) is 33.8. The van der Waals surface area contributed by atoms with Crippen LogP contribution in [0.2, 0.25) is 0 Å². The van der Waals surface area contributed by atoms with E-state index in [2.05, 4.69) is 13.8 Å². The first-order valence-corrected chi connectivity index (χ1v) is 22.5. The third-order valence-corrected chi connectivity index (χ3v) is 12.7. The fourth-order valence-corrected chi connectivity index (χ4v) is 9.56. The Balaban J connectivity index is 1.47. The van der Waals surface area contributed by atoms with Crippen molar-refractivity contribution in [2.24, 2.45) is 23.7 Å². The van der Waals surface area contributed by atoms with Gasteiger partial charge in [-0.2, -0.15) is 0 Å². The van der Waals surface area contributed by atoms with Gasteiger partial charge in [-0.25, -0.2) is 0 Å². The molecule has 1 aliphatic carbocycles. The second-order valence-electron chi connectivity index (χ2n) is 16.7. The maximum Gasteiger partial charge on any atom is 0.253 e. The largest absolute Gasteiger partial charge is 0.275 e. The first-order chi connectivity index (χ1) is 25.5. The number of nitrogens with zero attached hydrogens (tertiary/aromatic N) is 2. The lowest BCUT2D eigenvalue weighted by atomic mass is 9.61. The molecule has 0 aromatic carbocycles. The monoisotopic (exact) mass is 723 g/mol. The minimum absolute atomic E-state index is 0.152. The molecule has 296 valence electrons. The Morgan fingerprint density at radius 1 is 0.385 bits per heavy atom. The van der Waals surface area contributed by atoms with E-state index < -0.39 is 0 Å². The molecule has 6 heteroatoms. The van der Waals surface area contributed by atoms with Gasteiger partial charge in [-0.1, -0.05) is 168 Å². The Morgan fingerprint density at radius 2 is 0.654 bits per heavy atom. The molecule has 0 aromatic rings. The highest BCUT2D eigenvalue weighted by molar-refractivity contribution is 6.13. The van der Waals surface area contributed by atoms with E-state index in [1.807, 2.05) is 0 Å². The molecule has 0 radical (unpaired) electrons. The van der Waals surface area contributed by atoms with Crippen molar-refractivity contribution in [1.82, 2.24) is 9.80 Å². The summed E-state index contributed by atoms with van der Waals surface area (Å²) in [5.74, 6) is 3.00. The SMILES string of the molecule is CCCCCCCCC1CCC(CCCCCCCCN2C(=O)C=CC2=O)C(CCCCCCCCN2C(=O)C=CC2=O)C1CCCCCCCC. The van der Waals surface area contributed by atoms with E-state index in [4.69, 9.17) is 0 Å². The highest BCUT2D eigenvalue weighted by Crippen LogP contribution is 2.48. The molecule has 0 N–H and O–H groups in total. The minimum Gasteiger partial charge on any atom is -0.275 e. The van der Waals surface area contributed by atoms with Gasteiger partial charge < -0.3 is 0 Å². The average Bonchev–Trinajstić information content (AvgIpc) is 3.64. The highest BCUT2D eigenvalue weighted by Gasteiger charge is 2.37. The fourth-order valence-electron chi connectivity index (χ4n) is 9.56. The van der Waals surface area contributed by atoms with Gasteiger partial charge in [0.2, 0.25) is 0 Å². The number of imide groups is 2. The Bertz CT molecular complexity index is 1050. The molecule has 3 aliphatic rings. The van der Waals surface area contributed by atoms with Gasteiger partial charge in [-0.15, -0.1) is 0 Å². The summed E-state index contributed by atoms with van der Waals surface area (Å²) < 4.78 is 0. The van der Waals surface area contributed by atoms with Crippen LogP contribution in [0.4, 0.5) is 0 Å². The van der Waals surface area contributed by atoms with Crippen LogP contribution in [-0.2, 0) is 19.2 Å². The van der Waals surface area contributed by atoms with Crippen molar-refractivity contribution in [2.75, 3.05) is 13.1 Å². The van der Waals surface area contributed by atoms with Crippen molar-refractivity contribution in [3.8, 4) is 0 Å². The number of carbonyl (C=O) groups is 4. The normalized spacial score (nSPS) is 21.8. The van der Waals surface area contributed by atoms with E-state index >= 15 is 0 Å². The topological polar surface area (TPSA) is 74.8 Å². The average molecular weight is 723 g/mol. The number of hydrogen-bond acceptors (Lipinski definition) is 4. The van der Waals surface area contributed by atoms with Gasteiger partial charge in [-0.3, -0.25) is 29.0 Å². The van der Waals surface area contributed by atoms with Crippen molar-refractivity contribution in [2.45, 2.75) is 206 Å². The van der Waals surface area contributed by atoms with E-state index in [9.17, 15) is 19.2 Å². The molecule has 0 aromatic heterocycles. The van der Waals surface area contributed by atoms with E-state index in [1.54, 1.807) is 0 Å². The molecule has 2 heterocycles. The first kappa shape index (κ1) is 44.2. The Morgan fingerprint density at radius 3 is 0.981 bits per heavy atom. The molecule has 0 bridgehead atoms. The van der Waals surface area contributed by atoms with Gasteiger partial charge in [0.15, 0.2) is 0 Å². The van der Waals surface area contributed by atoms with Crippen LogP contribution < -0.4 is 0 Å². The number of hydrogen-bond donors (Lipinski definition) is 0. The molecule has 6 nitrogen and oxygen atoms in total. The fraction of sp³-hybridized carbons (Fsp3) is 0.826. The molecule has 52 heavy (non-hydrogen) atoms. The molecule has 1 fully saturated rings. The third kappa shape index (κ3) is 16.8. The van der Waals surface area contributed by atoms with Crippen LogP contribution in [0.5, 0.6) is 0 Å². The second-order valence-corrected chi connectivity index (χ2v) is 16.7. The van der Waals surface area contributed by atoms with Gasteiger partial charge in [0, 0.05) is 37.4 Å². The number of carbonyl (C=O) groups excluding carboxylic acids is 4. The second kappa shape index (κ2) is 27.4. The summed E-state index contributed by atoms with van der Waals surface area (Å²) in [4.78, 5) is 50.1. The quantitative estimate of drug-likeness (QED) is 0.0512. The van der Waals surface area contributed by atoms with Crippen molar-refractivity contribution in [3.05, 3.63) is 24.3 Å². The molecule has 1 saturated carbocycles. The van der Waals surface area contributed by atoms with Crippen molar-refractivity contribution < 1.29 is 19.2 Å². The highest BCUT2D eigenvalue weighted by atomic mass is 16.2. The summed E-state index contributed by atoms with van der Waals surface area (Å²) in [5.41, 5.74) is 0. The standard InChI is InChI=1S/C46H78N2O4/c1-3-5-7-9-15-21-27-39-31-32-40(28-22-16-11-13-19-25-37-47-43(49)33-34-44(47)50)42(41(39)29-23-17-10-8-6-4-2)30-24-18-12-14-20-26-38-48-45(51)35-36-46(48)52/h33-36,39-42H,3-32,37-38H2,1-2H3. The predicted molar refractivity (Wildman–Crippen MR) is 216 cm³/mol. The smallest absolute Gasteiger partial charge is 0.253 e. The summed E-state index contributed by atoms with van der Waals surface area (Å²) in [7, 11) is 0. The lowest BCUT2D eigenvalue weighted by molar-refractivity contribution is -0.138. The van der Waals surface area contributed by atoms with Crippen molar-refractivity contribution >= 4 is 23.6 Å². The summed E-state index contributed by atoms with van der Waals surface area (Å²) in [6.45, 7) is 5.75. The van der Waals surface area contributed by atoms with Crippen molar-refractivity contribution in [3.63, 3.8) is 0 Å². The van der Waals surface area contributed by atoms with E-state index in [0.29, 0.717) is 13.1 Å². The van der Waals surface area contributed by atoms with E-state index in [0.717, 1.165) is 49.4 Å². The van der Waals surface area contributed by atoms with E-state index in [-0.39, 0.29) is 23.6 Å². The third-order valence-electron chi connectivity index (χ3n) is 12.7. The van der Waals surface area contributed by atoms with Crippen LogP contribution in [0.3, 0.4) is 0 Å². The van der Waals surface area contributed by atoms with Crippen molar-refractivity contribution in [1.29, 1.82) is 0 Å². The van der Waals surface area contributed by atoms with E-state index in [1.165, 1.54) is 201 Å². The summed E-state index contributed by atoms with van der Waals surface area (Å²) in [6.07, 6.45) is 45.2.